The first-order valence-corrected chi connectivity index (χ1v) is 14.0. The lowest BCUT2D eigenvalue weighted by Crippen LogP contribution is -2.65. The first kappa shape index (κ1) is 32.2. The van der Waals surface area contributed by atoms with Crippen LogP contribution in [0.25, 0.3) is 0 Å². The van der Waals surface area contributed by atoms with Gasteiger partial charge < -0.3 is 50.1 Å². The number of nitrogens with one attached hydrogen (secondary N) is 2. The number of carboxylic acid groups (broad SMARTS) is 1. The Hall–Kier alpha value is -2.36. The molecule has 3 unspecified atom stereocenters. The summed E-state index contributed by atoms with van der Waals surface area (Å²) in [7, 11) is -11.4. The molecule has 0 aromatic carbocycles. The van der Waals surface area contributed by atoms with Gasteiger partial charge in [-0.15, -0.1) is 0 Å². The van der Waals surface area contributed by atoms with Crippen LogP contribution in [-0.2, 0) is 41.6 Å². The number of carboxylic acids is 1. The minimum absolute atomic E-state index is 0.700. The van der Waals surface area contributed by atoms with E-state index in [0.29, 0.717) is 4.57 Å². The second-order valence-corrected chi connectivity index (χ2v) is 11.5. The zero-order valence-electron chi connectivity index (χ0n) is 20.0. The maximum atomic E-state index is 12.4. The van der Waals surface area contributed by atoms with Crippen molar-refractivity contribution in [3.05, 3.63) is 33.1 Å². The highest BCUT2D eigenvalue weighted by Gasteiger charge is 2.52. The number of aliphatic hydroxyl groups excluding tert-OH is 4. The average Bonchev–Trinajstić information content (AvgIpc) is 3.09. The molecule has 2 fully saturated rings. The number of nitrogens with zero attached hydrogens (tertiary/aromatic N) is 1. The molecule has 1 aromatic rings. The number of aromatic amines is 1. The fourth-order valence-corrected chi connectivity index (χ4v) is 5.91. The van der Waals surface area contributed by atoms with Crippen LogP contribution in [0.15, 0.2) is 21.9 Å². The predicted octanol–water partition coefficient (Wildman–Crippen LogP) is -4.56. The molecule has 21 nitrogen and oxygen atoms in total. The van der Waals surface area contributed by atoms with Crippen LogP contribution in [0, 0.1) is 0 Å². The molecule has 0 spiro atoms. The molecule has 0 aliphatic carbocycles. The van der Waals surface area contributed by atoms with Gasteiger partial charge in [0.2, 0.25) is 5.91 Å². The predicted molar refractivity (Wildman–Crippen MR) is 121 cm³/mol. The molecule has 3 heterocycles. The first-order chi connectivity index (χ1) is 18.4. The molecule has 2 saturated heterocycles. The van der Waals surface area contributed by atoms with E-state index in [0.717, 1.165) is 19.2 Å². The molecular weight excluding hydrogens is 596 g/mol. The smallest absolute Gasteiger partial charge is 0.479 e. The van der Waals surface area contributed by atoms with Crippen molar-refractivity contribution in [2.24, 2.45) is 0 Å². The highest BCUT2D eigenvalue weighted by molar-refractivity contribution is 7.61. The van der Waals surface area contributed by atoms with Gasteiger partial charge in [-0.05, 0) is 0 Å². The van der Waals surface area contributed by atoms with Crippen molar-refractivity contribution in [3.8, 4) is 0 Å². The summed E-state index contributed by atoms with van der Waals surface area (Å²) in [5.41, 5.74) is -1.79. The Kier molecular flexibility index (Phi) is 9.85. The van der Waals surface area contributed by atoms with Crippen LogP contribution in [-0.4, -0.2) is 112 Å². The van der Waals surface area contributed by atoms with Gasteiger partial charge in [-0.2, -0.15) is 4.31 Å². The number of ether oxygens (including phenoxy) is 2. The third-order valence-electron chi connectivity index (χ3n) is 5.52. The van der Waals surface area contributed by atoms with Crippen LogP contribution in [0.4, 0.5) is 0 Å². The molecule has 1 aromatic heterocycles. The molecule has 3 rings (SSSR count). The number of phosphoric ester groups is 2. The van der Waals surface area contributed by atoms with E-state index < -0.39 is 101 Å². The number of amides is 1. The summed E-state index contributed by atoms with van der Waals surface area (Å²) in [5.74, 6) is -2.72. The number of hydrogen-bond acceptors (Lipinski definition) is 15. The Balaban J connectivity index is 1.68. The second-order valence-electron chi connectivity index (χ2n) is 8.45. The van der Waals surface area contributed by atoms with E-state index >= 15 is 0 Å². The minimum atomic E-state index is -5.76. The fourth-order valence-electron chi connectivity index (χ4n) is 3.74. The van der Waals surface area contributed by atoms with E-state index in [1.54, 1.807) is 0 Å². The van der Waals surface area contributed by atoms with Gasteiger partial charge in [-0.3, -0.25) is 28.2 Å². The Bertz CT molecular complexity index is 1320. The summed E-state index contributed by atoms with van der Waals surface area (Å²) in [6, 6.07) is -0.949. The molecule has 40 heavy (non-hydrogen) atoms. The van der Waals surface area contributed by atoms with Crippen molar-refractivity contribution < 1.29 is 76.9 Å². The number of phosphoric acid groups is 2. The summed E-state index contributed by atoms with van der Waals surface area (Å²) in [4.78, 5) is 67.7. The van der Waals surface area contributed by atoms with Gasteiger partial charge in [0.05, 0.1) is 6.61 Å². The van der Waals surface area contributed by atoms with Crippen LogP contribution in [0.2, 0.25) is 0 Å². The average molecular weight is 621 g/mol. The van der Waals surface area contributed by atoms with E-state index in [4.69, 9.17) is 14.6 Å². The van der Waals surface area contributed by atoms with Crippen LogP contribution in [0.1, 0.15) is 13.2 Å². The number of aromatic nitrogens is 2. The maximum absolute atomic E-state index is 12.4. The van der Waals surface area contributed by atoms with Gasteiger partial charge in [0.25, 0.3) is 5.56 Å². The van der Waals surface area contributed by atoms with Gasteiger partial charge in [-0.1, -0.05) is 0 Å². The molecule has 226 valence electrons. The van der Waals surface area contributed by atoms with Gasteiger partial charge >= 0.3 is 27.3 Å². The summed E-state index contributed by atoms with van der Waals surface area (Å²) in [6.07, 6.45) is -14.7. The quantitative estimate of drug-likeness (QED) is 0.111. The number of hydrogen-bond donors (Lipinski definition) is 9. The summed E-state index contributed by atoms with van der Waals surface area (Å²) < 4.78 is 48.7. The molecular formula is C17H25N3O18P2. The molecule has 0 bridgehead atoms. The molecule has 2 aliphatic heterocycles. The van der Waals surface area contributed by atoms with E-state index in [1.807, 2.05) is 10.3 Å². The normalized spacial score (nSPS) is 35.4. The van der Waals surface area contributed by atoms with Gasteiger partial charge in [0, 0.05) is 19.2 Å². The molecule has 2 aliphatic rings. The number of aliphatic carboxylic acids is 1. The minimum Gasteiger partial charge on any atom is -0.479 e. The van der Waals surface area contributed by atoms with Crippen LogP contribution in [0.5, 0.6) is 0 Å². The highest BCUT2D eigenvalue weighted by Crippen LogP contribution is 2.61. The largest absolute Gasteiger partial charge is 0.483 e. The Morgan fingerprint density at radius 3 is 2.27 bits per heavy atom. The van der Waals surface area contributed by atoms with Crippen molar-refractivity contribution in [1.29, 1.82) is 0 Å². The Morgan fingerprint density at radius 1 is 1.05 bits per heavy atom. The lowest BCUT2D eigenvalue weighted by Gasteiger charge is -2.41. The van der Waals surface area contributed by atoms with Crippen molar-refractivity contribution in [3.63, 3.8) is 0 Å². The number of carbonyl (C=O) groups is 2. The number of aliphatic hydroxyl groups is 4. The van der Waals surface area contributed by atoms with Crippen LogP contribution >= 0.6 is 15.6 Å². The fraction of sp³-hybridized carbons (Fsp3) is 0.647. The summed E-state index contributed by atoms with van der Waals surface area (Å²) in [6.45, 7) is -0.153. The molecule has 1 amide bonds. The van der Waals surface area contributed by atoms with Crippen molar-refractivity contribution in [1.82, 2.24) is 14.9 Å². The van der Waals surface area contributed by atoms with Crippen LogP contribution in [0.3, 0.4) is 0 Å². The number of carbonyl (C=O) groups excluding carboxylic acids is 1. The first-order valence-electron chi connectivity index (χ1n) is 11.0. The molecule has 0 radical (unpaired) electrons. The molecule has 9 N–H and O–H groups in total. The third kappa shape index (κ3) is 7.47. The Morgan fingerprint density at radius 2 is 1.70 bits per heavy atom. The lowest BCUT2D eigenvalue weighted by atomic mass is 9.97. The molecule has 23 heteroatoms. The third-order valence-corrected chi connectivity index (χ3v) is 8.12. The topological polar surface area (TPSA) is 323 Å². The van der Waals surface area contributed by atoms with E-state index in [2.05, 4.69) is 13.4 Å². The molecule has 11 atom stereocenters. The number of H-pyrrole nitrogens is 1. The molecule has 0 saturated carbocycles. The standard InChI is InChI=1S/C17H25N3O18P2/c1-5(21)18-8-10(24)11(25)13(15(27)28)36-16(8)37-40(32,33)38-39(30,31)34-4-6-9(23)12(26)14(35-6)20-3-2-7(22)19-17(20)29/h2-3,6,8-14,16,23-26H,4H2,1H3,(H,18,21)(H,27,28)(H,30,31)(H,32,33)(H,19,22,29)/t6-,8-,9-,10-,11+,12-,13+,14-,16?/m1/s1. The second kappa shape index (κ2) is 12.2. The van der Waals surface area contributed by atoms with Crippen LogP contribution < -0.4 is 16.6 Å². The summed E-state index contributed by atoms with van der Waals surface area (Å²) in [5, 5.41) is 51.6. The lowest BCUT2D eigenvalue weighted by molar-refractivity contribution is -0.243. The van der Waals surface area contributed by atoms with E-state index in [1.165, 1.54) is 0 Å². The highest BCUT2D eigenvalue weighted by atomic mass is 31.3. The van der Waals surface area contributed by atoms with Crippen molar-refractivity contribution >= 4 is 27.5 Å². The van der Waals surface area contributed by atoms with Crippen molar-refractivity contribution in [2.75, 3.05) is 6.61 Å². The van der Waals surface area contributed by atoms with Gasteiger partial charge in [0.15, 0.2) is 18.6 Å². The maximum Gasteiger partial charge on any atom is 0.483 e. The van der Waals surface area contributed by atoms with E-state index in [-0.39, 0.29) is 0 Å². The number of rotatable bonds is 10. The summed E-state index contributed by atoms with van der Waals surface area (Å²) >= 11 is 0. The Labute approximate surface area is 221 Å². The van der Waals surface area contributed by atoms with Crippen molar-refractivity contribution in [2.45, 2.75) is 62.1 Å². The van der Waals surface area contributed by atoms with Gasteiger partial charge in [-0.25, -0.2) is 18.7 Å². The monoisotopic (exact) mass is 621 g/mol. The zero-order chi connectivity index (χ0) is 30.2. The SMILES string of the molecule is CC(=O)N[C@H]1C(OP(=O)(O)OP(=O)(O)OC[C@H]2O[C@@H](n3ccc(=O)[nH]c3=O)[C@H](O)[C@@H]2O)O[C@H](C(=O)O)[C@@H](O)[C@@H]1O. The zero-order valence-corrected chi connectivity index (χ0v) is 21.8. The van der Waals surface area contributed by atoms with E-state index in [9.17, 15) is 58.5 Å². The van der Waals surface area contributed by atoms with Gasteiger partial charge in [0.1, 0.15) is 36.6 Å².